The van der Waals surface area contributed by atoms with E-state index in [4.69, 9.17) is 9.47 Å². The zero-order chi connectivity index (χ0) is 34.3. The Hall–Kier alpha value is -3.21. The van der Waals surface area contributed by atoms with Crippen LogP contribution in [0.1, 0.15) is 153 Å². The fraction of sp³-hybridized carbons (Fsp3) is 0.595. The molecule has 0 bridgehead atoms. The van der Waals surface area contributed by atoms with Gasteiger partial charge in [0, 0.05) is 22.9 Å². The third-order valence-electron chi connectivity index (χ3n) is 10.1. The van der Waals surface area contributed by atoms with Crippen molar-refractivity contribution in [3.05, 3.63) is 65.2 Å². The van der Waals surface area contributed by atoms with Gasteiger partial charge >= 0.3 is 0 Å². The van der Waals surface area contributed by atoms with Crippen LogP contribution in [0, 0.1) is 0 Å². The predicted octanol–water partition coefficient (Wildman–Crippen LogP) is 11.4. The molecule has 47 heavy (non-hydrogen) atoms. The Morgan fingerprint density at radius 3 is 1.89 bits per heavy atom. The quantitative estimate of drug-likeness (QED) is 0.107. The van der Waals surface area contributed by atoms with Crippen molar-refractivity contribution in [1.82, 2.24) is 5.32 Å². The molecule has 0 aliphatic rings. The molecule has 3 aromatic rings. The first-order valence-electron chi connectivity index (χ1n) is 18.5. The molecule has 0 saturated heterocycles. The lowest BCUT2D eigenvalue weighted by atomic mass is 9.76. The molecule has 5 heteroatoms. The molecule has 1 amide bonds. The Morgan fingerprint density at radius 1 is 0.681 bits per heavy atom. The highest BCUT2D eigenvalue weighted by atomic mass is 16.5. The molecule has 0 aromatic heterocycles. The van der Waals surface area contributed by atoms with Gasteiger partial charge in [0.15, 0.2) is 0 Å². The van der Waals surface area contributed by atoms with E-state index in [0.717, 1.165) is 36.8 Å². The summed E-state index contributed by atoms with van der Waals surface area (Å²) < 4.78 is 12.5. The van der Waals surface area contributed by atoms with Crippen molar-refractivity contribution in [1.29, 1.82) is 0 Å². The number of hydrogen-bond acceptors (Lipinski definition) is 4. The molecule has 0 radical (unpaired) electrons. The van der Waals surface area contributed by atoms with Gasteiger partial charge in [-0.05, 0) is 54.2 Å². The Morgan fingerprint density at radius 2 is 1.26 bits per heavy atom. The molecule has 0 spiro atoms. The van der Waals surface area contributed by atoms with Gasteiger partial charge in [-0.25, -0.2) is 0 Å². The summed E-state index contributed by atoms with van der Waals surface area (Å²) >= 11 is 0. The number of amides is 1. The Bertz CT molecular complexity index is 1390. The summed E-state index contributed by atoms with van der Waals surface area (Å²) in [6, 6.07) is 15.9. The summed E-state index contributed by atoms with van der Waals surface area (Å²) in [5, 5.41) is 15.5. The zero-order valence-corrected chi connectivity index (χ0v) is 30.6. The lowest BCUT2D eigenvalue weighted by Crippen LogP contribution is -2.26. The maximum atomic E-state index is 13.3. The number of hydrogen-bond donors (Lipinski definition) is 2. The van der Waals surface area contributed by atoms with Crippen LogP contribution in [-0.4, -0.2) is 30.8 Å². The largest absolute Gasteiger partial charge is 0.506 e. The van der Waals surface area contributed by atoms with E-state index < -0.39 is 0 Å². The standard InChI is InChI=1S/C42H63NO4/c1-8-11-12-13-14-15-16-17-18-21-28-47-38-31-35(39(44)34-24-20-19-23-33(34)38)40(45)43-27-22-29-46-37-26-25-32(41(4,5)9-2)30-36(37)42(6,7)10-3/h19-20,23-26,30-31,44H,8-18,21-22,27-29H2,1-7H3,(H,43,45). The minimum Gasteiger partial charge on any atom is -0.506 e. The van der Waals surface area contributed by atoms with Crippen LogP contribution in [0.2, 0.25) is 0 Å². The topological polar surface area (TPSA) is 67.8 Å². The Labute approximate surface area is 285 Å². The number of carbonyl (C=O) groups is 1. The van der Waals surface area contributed by atoms with E-state index in [2.05, 4.69) is 72.0 Å². The highest BCUT2D eigenvalue weighted by Crippen LogP contribution is 2.39. The Kier molecular flexibility index (Phi) is 15.4. The van der Waals surface area contributed by atoms with Gasteiger partial charge in [0.1, 0.15) is 17.2 Å². The molecule has 0 fully saturated rings. The molecule has 0 unspecified atom stereocenters. The monoisotopic (exact) mass is 645 g/mol. The van der Waals surface area contributed by atoms with Gasteiger partial charge in [0.25, 0.3) is 5.91 Å². The summed E-state index contributed by atoms with van der Waals surface area (Å²) in [4.78, 5) is 13.3. The van der Waals surface area contributed by atoms with Crippen molar-refractivity contribution < 1.29 is 19.4 Å². The molecule has 0 aliphatic carbocycles. The minimum absolute atomic E-state index is 0.00960. The average Bonchev–Trinajstić information content (AvgIpc) is 3.07. The van der Waals surface area contributed by atoms with E-state index in [9.17, 15) is 9.90 Å². The molecule has 0 heterocycles. The molecule has 0 atom stereocenters. The summed E-state index contributed by atoms with van der Waals surface area (Å²) in [7, 11) is 0. The number of rotatable bonds is 22. The van der Waals surface area contributed by atoms with Crippen molar-refractivity contribution in [2.75, 3.05) is 19.8 Å². The molecular weight excluding hydrogens is 582 g/mol. The average molecular weight is 646 g/mol. The summed E-state index contributed by atoms with van der Waals surface area (Å²) in [5.74, 6) is 1.23. The number of carbonyl (C=O) groups excluding carboxylic acids is 1. The van der Waals surface area contributed by atoms with Gasteiger partial charge in [0.2, 0.25) is 0 Å². The number of fused-ring (bicyclic) bond motifs is 1. The number of aromatic hydroxyl groups is 1. The van der Waals surface area contributed by atoms with Gasteiger partial charge in [0.05, 0.1) is 18.8 Å². The van der Waals surface area contributed by atoms with Crippen molar-refractivity contribution in [3.63, 3.8) is 0 Å². The third-order valence-corrected chi connectivity index (χ3v) is 10.1. The third kappa shape index (κ3) is 11.2. The van der Waals surface area contributed by atoms with Crippen LogP contribution >= 0.6 is 0 Å². The molecule has 260 valence electrons. The van der Waals surface area contributed by atoms with E-state index in [1.54, 1.807) is 6.07 Å². The van der Waals surface area contributed by atoms with Crippen molar-refractivity contribution in [2.45, 2.75) is 143 Å². The highest BCUT2D eigenvalue weighted by Gasteiger charge is 2.26. The van der Waals surface area contributed by atoms with Crippen molar-refractivity contribution in [2.24, 2.45) is 0 Å². The molecule has 2 N–H and O–H groups in total. The van der Waals surface area contributed by atoms with Crippen molar-refractivity contribution in [3.8, 4) is 17.2 Å². The lowest BCUT2D eigenvalue weighted by Gasteiger charge is -2.30. The predicted molar refractivity (Wildman–Crippen MR) is 198 cm³/mol. The summed E-state index contributed by atoms with van der Waals surface area (Å²) in [6.07, 6.45) is 15.4. The fourth-order valence-electron chi connectivity index (χ4n) is 5.94. The molecular formula is C42H63NO4. The van der Waals surface area contributed by atoms with Crippen LogP contribution in [0.4, 0.5) is 0 Å². The zero-order valence-electron chi connectivity index (χ0n) is 30.6. The molecule has 5 nitrogen and oxygen atoms in total. The van der Waals surface area contributed by atoms with Gasteiger partial charge < -0.3 is 19.9 Å². The smallest absolute Gasteiger partial charge is 0.255 e. The van der Waals surface area contributed by atoms with Gasteiger partial charge in [-0.1, -0.05) is 143 Å². The molecule has 3 rings (SSSR count). The second kappa shape index (κ2) is 19.0. The number of phenols is 1. The van der Waals surface area contributed by atoms with E-state index in [1.165, 1.54) is 62.5 Å². The normalized spacial score (nSPS) is 12.0. The first-order chi connectivity index (χ1) is 22.6. The van der Waals surface area contributed by atoms with E-state index >= 15 is 0 Å². The van der Waals surface area contributed by atoms with Crippen LogP contribution < -0.4 is 14.8 Å². The van der Waals surface area contributed by atoms with Crippen LogP contribution in [0.25, 0.3) is 10.8 Å². The number of phenolic OH excluding ortho intramolecular Hbond substituents is 1. The highest BCUT2D eigenvalue weighted by molar-refractivity contribution is 6.05. The molecule has 0 saturated carbocycles. The summed E-state index contributed by atoms with van der Waals surface area (Å²) in [6.45, 7) is 17.3. The summed E-state index contributed by atoms with van der Waals surface area (Å²) in [5.41, 5.74) is 2.90. The minimum atomic E-state index is -0.309. The van der Waals surface area contributed by atoms with Crippen molar-refractivity contribution >= 4 is 16.7 Å². The number of unbranched alkanes of at least 4 members (excludes halogenated alkanes) is 9. The van der Waals surface area contributed by atoms with Gasteiger partial charge in [-0.15, -0.1) is 0 Å². The lowest BCUT2D eigenvalue weighted by molar-refractivity contribution is 0.0948. The van der Waals surface area contributed by atoms with E-state index in [1.807, 2.05) is 24.3 Å². The van der Waals surface area contributed by atoms with E-state index in [-0.39, 0.29) is 28.1 Å². The SMILES string of the molecule is CCCCCCCCCCCCOc1cc(C(=O)NCCCOc2ccc(C(C)(C)CC)cc2C(C)(C)CC)c(O)c2ccccc12. The fourth-order valence-corrected chi connectivity index (χ4v) is 5.94. The number of nitrogens with one attached hydrogen (secondary N) is 1. The maximum absolute atomic E-state index is 13.3. The van der Waals surface area contributed by atoms with Crippen LogP contribution in [0.3, 0.4) is 0 Å². The first-order valence-corrected chi connectivity index (χ1v) is 18.5. The maximum Gasteiger partial charge on any atom is 0.255 e. The van der Waals surface area contributed by atoms with Gasteiger partial charge in [-0.3, -0.25) is 4.79 Å². The molecule has 0 aliphatic heterocycles. The van der Waals surface area contributed by atoms with Gasteiger partial charge in [-0.2, -0.15) is 0 Å². The Balaban J connectivity index is 1.54. The second-order valence-electron chi connectivity index (χ2n) is 14.5. The molecule has 3 aromatic carbocycles. The number of ether oxygens (including phenoxy) is 2. The van der Waals surface area contributed by atoms with Crippen LogP contribution in [0.15, 0.2) is 48.5 Å². The first kappa shape index (κ1) is 38.2. The van der Waals surface area contributed by atoms with E-state index in [0.29, 0.717) is 37.3 Å². The van der Waals surface area contributed by atoms with Crippen LogP contribution in [0.5, 0.6) is 17.2 Å². The second-order valence-corrected chi connectivity index (χ2v) is 14.5. The number of benzene rings is 3. The van der Waals surface area contributed by atoms with Crippen LogP contribution in [-0.2, 0) is 10.8 Å².